The molecule has 1 aliphatic rings. The Hall–Kier alpha value is -1.90. The zero-order chi connectivity index (χ0) is 17.9. The van der Waals surface area contributed by atoms with Crippen LogP contribution in [0.3, 0.4) is 0 Å². The highest BCUT2D eigenvalue weighted by atomic mass is 79.9. The van der Waals surface area contributed by atoms with E-state index < -0.39 is 16.8 Å². The fraction of sp³-hybridized carbons (Fsp3) is 0.200. The number of aliphatic hydroxyl groups excluding tert-OH is 1. The molecule has 0 radical (unpaired) electrons. The van der Waals surface area contributed by atoms with E-state index in [9.17, 15) is 9.50 Å². The molecule has 9 heteroatoms. The van der Waals surface area contributed by atoms with E-state index in [1.807, 2.05) is 0 Å². The van der Waals surface area contributed by atoms with E-state index in [2.05, 4.69) is 15.9 Å². The highest BCUT2D eigenvalue weighted by Gasteiger charge is 2.24. The average molecular weight is 421 g/mol. The van der Waals surface area contributed by atoms with Crippen LogP contribution >= 0.6 is 27.5 Å². The van der Waals surface area contributed by atoms with Gasteiger partial charge in [0.15, 0.2) is 18.5 Å². The van der Waals surface area contributed by atoms with Crippen LogP contribution in [0, 0.1) is 15.9 Å². The van der Waals surface area contributed by atoms with Gasteiger partial charge in [0.1, 0.15) is 11.9 Å². The van der Waals surface area contributed by atoms with Crippen LogP contribution in [0.2, 0.25) is 5.02 Å². The summed E-state index contributed by atoms with van der Waals surface area (Å²) in [6, 6.07) is 7.25. The lowest BCUT2D eigenvalue weighted by Gasteiger charge is -2.16. The Morgan fingerprint density at radius 2 is 2.00 bits per heavy atom. The molecule has 1 atom stereocenters. The van der Waals surface area contributed by atoms with Crippen molar-refractivity contribution in [3.63, 3.8) is 0 Å². The molecule has 0 bridgehead atoms. The summed E-state index contributed by atoms with van der Waals surface area (Å²) < 4.78 is 24.5. The summed E-state index contributed by atoms with van der Waals surface area (Å²) in [6.07, 6.45) is -1.07. The standard InChI is InChI=1S/C14H9BrClFO3.CH3NO2/c15-12-8(2-4-11-14(12)20-6-19-11)13(18)9-5-7(17)1-3-10(9)16;1-2(3)4/h1-5,13,18H,6H2;1H3. The van der Waals surface area contributed by atoms with Crippen molar-refractivity contribution in [2.24, 2.45) is 0 Å². The number of hydrogen-bond acceptors (Lipinski definition) is 5. The van der Waals surface area contributed by atoms with Gasteiger partial charge in [-0.25, -0.2) is 4.39 Å². The number of rotatable bonds is 2. The third-order valence-corrected chi connectivity index (χ3v) is 4.22. The Labute approximate surface area is 150 Å². The van der Waals surface area contributed by atoms with Crippen LogP contribution in [0.1, 0.15) is 17.2 Å². The summed E-state index contributed by atoms with van der Waals surface area (Å²) in [6.45, 7) is 0.133. The lowest BCUT2D eigenvalue weighted by Crippen LogP contribution is -2.02. The second-order valence-corrected chi connectivity index (χ2v) is 5.91. The number of hydrogen-bond donors (Lipinski definition) is 1. The van der Waals surface area contributed by atoms with Gasteiger partial charge in [-0.1, -0.05) is 17.7 Å². The number of nitro groups is 1. The number of fused-ring (bicyclic) bond motifs is 1. The molecule has 0 saturated carbocycles. The highest BCUT2D eigenvalue weighted by molar-refractivity contribution is 9.10. The van der Waals surface area contributed by atoms with Crippen molar-refractivity contribution in [2.45, 2.75) is 6.10 Å². The van der Waals surface area contributed by atoms with E-state index in [0.29, 0.717) is 32.1 Å². The van der Waals surface area contributed by atoms with Crippen molar-refractivity contribution >= 4 is 27.5 Å². The normalized spacial score (nSPS) is 13.0. The predicted octanol–water partition coefficient (Wildman–Crippen LogP) is 3.94. The van der Waals surface area contributed by atoms with Gasteiger partial charge in [-0.15, -0.1) is 0 Å². The number of nitrogens with zero attached hydrogens (tertiary/aromatic N) is 1. The molecule has 1 N–H and O–H groups in total. The van der Waals surface area contributed by atoms with E-state index in [1.54, 1.807) is 12.1 Å². The summed E-state index contributed by atoms with van der Waals surface area (Å²) in [5, 5.41) is 19.5. The van der Waals surface area contributed by atoms with Crippen molar-refractivity contribution in [3.8, 4) is 11.5 Å². The van der Waals surface area contributed by atoms with Crippen molar-refractivity contribution < 1.29 is 23.9 Å². The quantitative estimate of drug-likeness (QED) is 0.588. The van der Waals surface area contributed by atoms with Crippen molar-refractivity contribution in [3.05, 3.63) is 66.9 Å². The summed E-state index contributed by atoms with van der Waals surface area (Å²) in [4.78, 5) is 8.31. The lowest BCUT2D eigenvalue weighted by atomic mass is 10.0. The molecule has 2 aromatic rings. The third-order valence-electron chi connectivity index (χ3n) is 3.06. The minimum absolute atomic E-state index is 0.133. The van der Waals surface area contributed by atoms with Crippen LogP contribution in [-0.4, -0.2) is 23.9 Å². The fourth-order valence-corrected chi connectivity index (χ4v) is 2.94. The maximum absolute atomic E-state index is 13.3. The van der Waals surface area contributed by atoms with Crippen molar-refractivity contribution in [1.82, 2.24) is 0 Å². The van der Waals surface area contributed by atoms with Gasteiger partial charge in [-0.3, -0.25) is 10.1 Å². The van der Waals surface area contributed by atoms with Crippen LogP contribution in [0.15, 0.2) is 34.8 Å². The Morgan fingerprint density at radius 3 is 2.67 bits per heavy atom. The van der Waals surface area contributed by atoms with Gasteiger partial charge in [0.2, 0.25) is 6.79 Å². The molecule has 0 spiro atoms. The maximum Gasteiger partial charge on any atom is 0.231 e. The molecule has 0 amide bonds. The van der Waals surface area contributed by atoms with Gasteiger partial charge in [-0.2, -0.15) is 0 Å². The molecule has 0 aromatic heterocycles. The van der Waals surface area contributed by atoms with Crippen LogP contribution in [0.25, 0.3) is 0 Å². The summed E-state index contributed by atoms with van der Waals surface area (Å²) >= 11 is 9.38. The fourth-order valence-electron chi connectivity index (χ4n) is 2.06. The van der Waals surface area contributed by atoms with E-state index in [0.717, 1.165) is 7.05 Å². The molecular formula is C15H12BrClFNO5. The SMILES string of the molecule is C[N+](=O)[O-].OC(c1cc(F)ccc1Cl)c1ccc2c(c1Br)OCO2. The molecular weight excluding hydrogens is 409 g/mol. The molecule has 0 fully saturated rings. The Kier molecular flexibility index (Phi) is 5.98. The number of ether oxygens (including phenoxy) is 2. The number of aliphatic hydroxyl groups is 1. The van der Waals surface area contributed by atoms with Crippen LogP contribution in [0.4, 0.5) is 4.39 Å². The number of halogens is 3. The van der Waals surface area contributed by atoms with E-state index in [1.165, 1.54) is 18.2 Å². The topological polar surface area (TPSA) is 81.8 Å². The van der Waals surface area contributed by atoms with Gasteiger partial charge in [-0.05, 0) is 40.2 Å². The molecule has 0 saturated heterocycles. The zero-order valence-corrected chi connectivity index (χ0v) is 14.7. The lowest BCUT2D eigenvalue weighted by molar-refractivity contribution is -0.445. The maximum atomic E-state index is 13.3. The van der Waals surface area contributed by atoms with E-state index >= 15 is 0 Å². The molecule has 3 rings (SSSR count). The van der Waals surface area contributed by atoms with E-state index in [-0.39, 0.29) is 6.79 Å². The monoisotopic (exact) mass is 419 g/mol. The minimum atomic E-state index is -1.07. The predicted molar refractivity (Wildman–Crippen MR) is 88.7 cm³/mol. The third kappa shape index (κ3) is 4.14. The summed E-state index contributed by atoms with van der Waals surface area (Å²) in [5.41, 5.74) is 0.827. The first-order valence-corrected chi connectivity index (χ1v) is 7.77. The smallest absolute Gasteiger partial charge is 0.231 e. The first-order valence-electron chi connectivity index (χ1n) is 6.60. The van der Waals surface area contributed by atoms with Crippen LogP contribution in [0.5, 0.6) is 11.5 Å². The zero-order valence-electron chi connectivity index (χ0n) is 12.3. The average Bonchev–Trinajstić information content (AvgIpc) is 2.98. The van der Waals surface area contributed by atoms with Crippen molar-refractivity contribution in [2.75, 3.05) is 13.8 Å². The molecule has 1 heterocycles. The Morgan fingerprint density at radius 1 is 1.33 bits per heavy atom. The summed E-state index contributed by atoms with van der Waals surface area (Å²) in [7, 11) is 0.889. The van der Waals surface area contributed by atoms with Crippen molar-refractivity contribution in [1.29, 1.82) is 0 Å². The van der Waals surface area contributed by atoms with Gasteiger partial charge < -0.3 is 14.6 Å². The second-order valence-electron chi connectivity index (χ2n) is 4.71. The summed E-state index contributed by atoms with van der Waals surface area (Å²) in [5.74, 6) is 0.660. The largest absolute Gasteiger partial charge is 0.454 e. The molecule has 0 aliphatic carbocycles. The van der Waals surface area contributed by atoms with Gasteiger partial charge in [0.05, 0.1) is 4.47 Å². The van der Waals surface area contributed by atoms with Gasteiger partial charge in [0.25, 0.3) is 0 Å². The molecule has 6 nitrogen and oxygen atoms in total. The second kappa shape index (κ2) is 7.78. The molecule has 128 valence electrons. The van der Waals surface area contributed by atoms with Gasteiger partial charge in [0, 0.05) is 21.1 Å². The van der Waals surface area contributed by atoms with Crippen LogP contribution < -0.4 is 9.47 Å². The first kappa shape index (κ1) is 18.4. The van der Waals surface area contributed by atoms with Gasteiger partial charge >= 0.3 is 0 Å². The molecule has 1 aliphatic heterocycles. The minimum Gasteiger partial charge on any atom is -0.454 e. The van der Waals surface area contributed by atoms with Crippen LogP contribution in [-0.2, 0) is 0 Å². The first-order chi connectivity index (χ1) is 11.3. The van der Waals surface area contributed by atoms with E-state index in [4.69, 9.17) is 31.2 Å². The Bertz CT molecular complexity index is 770. The highest BCUT2D eigenvalue weighted by Crippen LogP contribution is 2.44. The Balaban J connectivity index is 0.000000471. The molecule has 1 unspecified atom stereocenters. The number of benzene rings is 2. The molecule has 2 aromatic carbocycles. The molecule has 24 heavy (non-hydrogen) atoms.